The molecule has 2 aromatic rings. The molecule has 472 valence electrons. The van der Waals surface area contributed by atoms with Crippen LogP contribution in [0.3, 0.4) is 0 Å². The summed E-state index contributed by atoms with van der Waals surface area (Å²) in [6, 6.07) is 10.9. The summed E-state index contributed by atoms with van der Waals surface area (Å²) in [6.07, 6.45) is 4.11. The molecule has 1 aliphatic carbocycles. The van der Waals surface area contributed by atoms with Crippen molar-refractivity contribution in [3.8, 4) is 0 Å². The predicted octanol–water partition coefficient (Wildman–Crippen LogP) is 3.74. The van der Waals surface area contributed by atoms with Gasteiger partial charge in [0.2, 0.25) is 47.3 Å². The zero-order chi connectivity index (χ0) is 52.1. The second kappa shape index (κ2) is 38.6. The van der Waals surface area contributed by atoms with Gasteiger partial charge in [0.25, 0.3) is 0 Å². The minimum atomic E-state index is -1.07. The Balaban J connectivity index is -0.00000304. The number of carbonyl (C=O) groups excluding carboxylic acids is 8. The molecular formula is C52H94N10O8S12. The van der Waals surface area contributed by atoms with Gasteiger partial charge in [0.05, 0.1) is 22.8 Å². The lowest BCUT2D eigenvalue weighted by molar-refractivity contribution is -0.144. The summed E-state index contributed by atoms with van der Waals surface area (Å²) >= 11 is 3.20. The molecule has 0 bridgehead atoms. The quantitative estimate of drug-likeness (QED) is 0.120. The third kappa shape index (κ3) is 20.7. The third-order valence-corrected chi connectivity index (χ3v) is 17.7. The second-order valence-electron chi connectivity index (χ2n) is 21.3. The van der Waals surface area contributed by atoms with Crippen molar-refractivity contribution < 1.29 is 38.4 Å². The highest BCUT2D eigenvalue weighted by molar-refractivity contribution is 8.00. The van der Waals surface area contributed by atoms with E-state index in [1.165, 1.54) is 0 Å². The fourth-order valence-corrected chi connectivity index (χ4v) is 14.0. The van der Waals surface area contributed by atoms with E-state index in [0.717, 1.165) is 0 Å². The average Bonchev–Trinajstić information content (AvgIpc) is 3.68. The fraction of sp³-hybridized carbons (Fsp3) is 0.615. The minimum absolute atomic E-state index is 0. The van der Waals surface area contributed by atoms with E-state index in [-0.39, 0.29) is 181 Å². The molecule has 0 aromatic heterocycles. The van der Waals surface area contributed by atoms with Gasteiger partial charge in [-0.3, -0.25) is 38.4 Å². The van der Waals surface area contributed by atoms with E-state index >= 15 is 0 Å². The van der Waals surface area contributed by atoms with E-state index in [0.29, 0.717) is 74.0 Å². The summed E-state index contributed by atoms with van der Waals surface area (Å²) in [7, 11) is 3.35. The van der Waals surface area contributed by atoms with Crippen LogP contribution in [-0.2, 0) is 38.4 Å². The summed E-state index contributed by atoms with van der Waals surface area (Å²) in [6.45, 7) is 11.2. The van der Waals surface area contributed by atoms with Gasteiger partial charge in [0, 0.05) is 12.1 Å². The molecule has 5 aliphatic rings. The highest BCUT2D eigenvalue weighted by atomic mass is 32.2. The van der Waals surface area contributed by atoms with Crippen LogP contribution >= 0.6 is 158 Å². The number of nitrogens with one attached hydrogen (secondary N) is 8. The van der Waals surface area contributed by atoms with Gasteiger partial charge >= 0.3 is 0 Å². The zero-order valence-corrected chi connectivity index (χ0v) is 59.4. The van der Waals surface area contributed by atoms with Crippen LogP contribution in [0.5, 0.6) is 0 Å². The lowest BCUT2D eigenvalue weighted by Gasteiger charge is -2.36. The van der Waals surface area contributed by atoms with E-state index in [1.54, 1.807) is 110 Å². The average molecular weight is 1370 g/mol. The Hall–Kier alpha value is -1.68. The van der Waals surface area contributed by atoms with Crippen molar-refractivity contribution in [3.05, 3.63) is 71.8 Å². The number of fused-ring (bicyclic) bond motifs is 2. The van der Waals surface area contributed by atoms with Crippen molar-refractivity contribution in [2.75, 3.05) is 25.6 Å². The van der Waals surface area contributed by atoms with Gasteiger partial charge in [-0.15, -0.1) is 23.5 Å². The van der Waals surface area contributed by atoms with Gasteiger partial charge in [0.1, 0.15) is 36.3 Å². The van der Waals surface area contributed by atoms with Gasteiger partial charge in [-0.1, -0.05) is 88.4 Å². The number of carbonyl (C=O) groups is 8. The first-order chi connectivity index (χ1) is 34.2. The van der Waals surface area contributed by atoms with Crippen LogP contribution in [-0.4, -0.2) is 142 Å². The molecule has 4 aliphatic heterocycles. The van der Waals surface area contributed by atoms with Crippen LogP contribution in [0.2, 0.25) is 0 Å². The Morgan fingerprint density at radius 3 is 1.07 bits per heavy atom. The van der Waals surface area contributed by atoms with Crippen molar-refractivity contribution in [1.82, 2.24) is 52.3 Å². The Kier molecular flexibility index (Phi) is 40.8. The van der Waals surface area contributed by atoms with Gasteiger partial charge in [-0.05, 0) is 113 Å². The molecule has 10 atom stereocenters. The molecule has 0 radical (unpaired) electrons. The SMILES string of the molecule is CN[C@@H](C)C(=O)N[C@H]1CCS[C@H]2CC(C)(C)[C@@H](C(=O)N[C@H](C(=O)NC3CCC(NC(=O)[C@@H](NC(=O)[C@H]4N5C(=O)[C@@H](NC(=O)[C@H](C)NC)CCS[C@H]5CC4(C)C)c4ccccc4)CC3)c3ccccc3)N2C1=O.S.S.S.S.S.S.S.S.S.S. The number of amides is 8. The predicted molar refractivity (Wildman–Crippen MR) is 381 cm³/mol. The molecule has 2 aromatic carbocycles. The largest absolute Gasteiger partial charge is 0.351 e. The van der Waals surface area contributed by atoms with Crippen LogP contribution in [0.25, 0.3) is 0 Å². The number of benzene rings is 2. The Morgan fingerprint density at radius 1 is 0.476 bits per heavy atom. The van der Waals surface area contributed by atoms with E-state index in [4.69, 9.17) is 0 Å². The first-order valence-corrected chi connectivity index (χ1v) is 27.5. The molecule has 5 fully saturated rings. The van der Waals surface area contributed by atoms with Gasteiger partial charge in [-0.2, -0.15) is 135 Å². The van der Waals surface area contributed by atoms with Crippen LogP contribution in [0.15, 0.2) is 60.7 Å². The smallest absolute Gasteiger partial charge is 0.247 e. The normalized spacial score (nSPS) is 24.9. The molecule has 8 amide bonds. The molecule has 30 heteroatoms. The summed E-state index contributed by atoms with van der Waals surface area (Å²) in [5, 5.41) is 23.5. The number of thioether (sulfide) groups is 2. The van der Waals surface area contributed by atoms with Crippen LogP contribution in [0, 0.1) is 10.8 Å². The standard InChI is InChI=1S/C52H74N10O8S2.10H2S/c1-29(53-7)43(63)57-35-23-25-71-37-27-51(3,4)41(61(37)49(35)69)47(67)59-39(31-15-11-9-12-16-31)45(65)55-33-19-21-34(22-20-33)56-46(66)40(32-17-13-10-14-18-32)60-48(68)42-52(5,6)28-38-62(42)50(70)36(24-26-72-38)58-44(64)30(2)54-8;;;;;;;;;;/h9-18,29-30,33-42,53-54H,19-28H2,1-8H3,(H,55,65)(H,56,66)(H,57,63)(H,58,64)(H,59,67)(H,60,68);10*1H2/t29-,30-,33?,34?,35-,36-,37-,38-,39-,40-,41+,42+;;;;;;;;;;/m0........../s1. The van der Waals surface area contributed by atoms with Crippen LogP contribution in [0.4, 0.5) is 0 Å². The minimum Gasteiger partial charge on any atom is -0.351 e. The molecule has 18 nitrogen and oxygen atoms in total. The molecule has 4 heterocycles. The van der Waals surface area contributed by atoms with Crippen molar-refractivity contribution in [1.29, 1.82) is 0 Å². The topological polar surface area (TPSA) is 239 Å². The number of rotatable bonds is 16. The molecule has 0 unspecified atom stereocenters. The summed E-state index contributed by atoms with van der Waals surface area (Å²) in [4.78, 5) is 115. The maximum atomic E-state index is 14.6. The molecule has 8 N–H and O–H groups in total. The van der Waals surface area contributed by atoms with Gasteiger partial charge < -0.3 is 52.3 Å². The van der Waals surface area contributed by atoms with E-state index in [2.05, 4.69) is 42.5 Å². The summed E-state index contributed by atoms with van der Waals surface area (Å²) < 4.78 is 0. The monoisotopic (exact) mass is 1370 g/mol. The third-order valence-electron chi connectivity index (χ3n) is 15.2. The van der Waals surface area contributed by atoms with Crippen molar-refractivity contribution >= 4 is 206 Å². The Morgan fingerprint density at radius 2 is 0.780 bits per heavy atom. The van der Waals surface area contributed by atoms with Crippen LogP contribution in [0.1, 0.15) is 116 Å². The number of hydrogen-bond acceptors (Lipinski definition) is 12. The first-order valence-electron chi connectivity index (χ1n) is 25.4. The molecule has 1 saturated carbocycles. The Labute approximate surface area is 563 Å². The number of likely N-dealkylation sites (N-methyl/N-ethyl adjacent to an activating group) is 2. The zero-order valence-electron chi connectivity index (χ0n) is 47.7. The van der Waals surface area contributed by atoms with Crippen molar-refractivity contribution in [2.45, 2.75) is 164 Å². The Bertz CT molecular complexity index is 2190. The number of hydrogen-bond donors (Lipinski definition) is 8. The maximum absolute atomic E-state index is 14.6. The van der Waals surface area contributed by atoms with E-state index in [9.17, 15) is 38.4 Å². The maximum Gasteiger partial charge on any atom is 0.247 e. The highest BCUT2D eigenvalue weighted by Gasteiger charge is 2.56. The van der Waals surface area contributed by atoms with E-state index < -0.39 is 82.8 Å². The molecule has 4 saturated heterocycles. The van der Waals surface area contributed by atoms with Crippen LogP contribution < -0.4 is 42.5 Å². The summed E-state index contributed by atoms with van der Waals surface area (Å²) in [5.74, 6) is -1.69. The molecule has 7 rings (SSSR count). The van der Waals surface area contributed by atoms with Crippen molar-refractivity contribution in [3.63, 3.8) is 0 Å². The van der Waals surface area contributed by atoms with Crippen molar-refractivity contribution in [2.24, 2.45) is 10.8 Å². The van der Waals surface area contributed by atoms with Gasteiger partial charge in [0.15, 0.2) is 0 Å². The molecule has 0 spiro atoms. The number of nitrogens with zero attached hydrogens (tertiary/aromatic N) is 2. The summed E-state index contributed by atoms with van der Waals surface area (Å²) in [5.41, 5.74) is -0.120. The van der Waals surface area contributed by atoms with Gasteiger partial charge in [-0.25, -0.2) is 0 Å². The molecular weight excluding hydrogens is 1280 g/mol. The second-order valence-corrected chi connectivity index (χ2v) is 23.9. The fourth-order valence-electron chi connectivity index (χ4n) is 10.8. The van der Waals surface area contributed by atoms with E-state index in [1.807, 2.05) is 39.8 Å². The molecule has 82 heavy (non-hydrogen) atoms. The first kappa shape index (κ1) is 86.8. The lowest BCUT2D eigenvalue weighted by Crippen LogP contribution is -2.59. The highest BCUT2D eigenvalue weighted by Crippen LogP contribution is 2.48. The lowest BCUT2D eigenvalue weighted by atomic mass is 9.83.